The first-order chi connectivity index (χ1) is 7.37. The molecule has 2 rings (SSSR count). The van der Waals surface area contributed by atoms with E-state index in [0.29, 0.717) is 11.3 Å². The van der Waals surface area contributed by atoms with Crippen LogP contribution in [0.2, 0.25) is 0 Å². The normalized spacial score (nSPS) is 12.1. The highest BCUT2D eigenvalue weighted by Gasteiger charge is 2.32. The van der Waals surface area contributed by atoms with Crippen LogP contribution < -0.4 is 4.74 Å². The smallest absolute Gasteiger partial charge is 0.403 e. The molecule has 1 N–H and O–H groups in total. The van der Waals surface area contributed by atoms with Crippen LogP contribution in [-0.4, -0.2) is 16.3 Å². The quantitative estimate of drug-likeness (QED) is 0.770. The van der Waals surface area contributed by atoms with E-state index in [9.17, 15) is 17.6 Å². The van der Waals surface area contributed by atoms with Gasteiger partial charge in [0.1, 0.15) is 11.3 Å². The average Bonchev–Trinajstić information content (AvgIpc) is 2.50. The van der Waals surface area contributed by atoms with Crippen molar-refractivity contribution in [2.75, 3.05) is 0 Å². The summed E-state index contributed by atoms with van der Waals surface area (Å²) in [5, 5.41) is 0. The van der Waals surface area contributed by atoms with Crippen LogP contribution in [0.5, 0.6) is 5.75 Å². The lowest BCUT2D eigenvalue weighted by Gasteiger charge is -2.09. The van der Waals surface area contributed by atoms with E-state index in [2.05, 4.69) is 14.7 Å². The summed E-state index contributed by atoms with van der Waals surface area (Å²) in [7, 11) is 0. The van der Waals surface area contributed by atoms with E-state index in [-0.39, 0.29) is 5.52 Å². The zero-order chi connectivity index (χ0) is 11.9. The van der Waals surface area contributed by atoms with Crippen LogP contribution in [-0.2, 0) is 0 Å². The largest absolute Gasteiger partial charge is 0.573 e. The van der Waals surface area contributed by atoms with Crippen molar-refractivity contribution in [1.29, 1.82) is 0 Å². The predicted octanol–water partition coefficient (Wildman–Crippen LogP) is 2.91. The topological polar surface area (TPSA) is 37.9 Å². The summed E-state index contributed by atoms with van der Waals surface area (Å²) < 4.78 is 52.8. The molecule has 0 atom stereocenters. The molecule has 0 amide bonds. The molecule has 0 radical (unpaired) electrons. The maximum Gasteiger partial charge on any atom is 0.573 e. The molecule has 0 aliphatic heterocycles. The summed E-state index contributed by atoms with van der Waals surface area (Å²) in [4.78, 5) is 6.43. The van der Waals surface area contributed by atoms with Crippen LogP contribution in [0.3, 0.4) is 0 Å². The summed E-state index contributed by atoms with van der Waals surface area (Å²) in [5.41, 5.74) is 0.156. The Kier molecular flexibility index (Phi) is 2.25. The lowest BCUT2D eigenvalue weighted by atomic mass is 10.3. The Labute approximate surface area is 87.0 Å². The average molecular weight is 234 g/mol. The van der Waals surface area contributed by atoms with E-state index < -0.39 is 17.9 Å². The van der Waals surface area contributed by atoms with E-state index in [4.69, 9.17) is 0 Å². The molecule has 0 bridgehead atoms. The second kappa shape index (κ2) is 3.36. The molecule has 1 aromatic carbocycles. The summed E-state index contributed by atoms with van der Waals surface area (Å²) in [6, 6.07) is 2.18. The minimum atomic E-state index is -4.92. The van der Waals surface area contributed by atoms with Crippen LogP contribution in [0.15, 0.2) is 12.1 Å². The van der Waals surface area contributed by atoms with Crippen molar-refractivity contribution in [3.05, 3.63) is 23.8 Å². The van der Waals surface area contributed by atoms with E-state index in [0.717, 1.165) is 6.07 Å². The van der Waals surface area contributed by atoms with Crippen LogP contribution >= 0.6 is 0 Å². The molecule has 86 valence electrons. The number of aryl methyl sites for hydroxylation is 1. The molecule has 0 fully saturated rings. The number of benzene rings is 1. The van der Waals surface area contributed by atoms with Gasteiger partial charge in [-0.15, -0.1) is 13.2 Å². The third kappa shape index (κ3) is 1.93. The molecule has 3 nitrogen and oxygen atoms in total. The molecular weight excluding hydrogens is 228 g/mol. The van der Waals surface area contributed by atoms with Crippen LogP contribution in [0.1, 0.15) is 5.82 Å². The Morgan fingerprint density at radius 2 is 2.00 bits per heavy atom. The Balaban J connectivity index is 2.52. The van der Waals surface area contributed by atoms with Gasteiger partial charge in [-0.25, -0.2) is 9.37 Å². The lowest BCUT2D eigenvalue weighted by Crippen LogP contribution is -2.18. The minimum absolute atomic E-state index is 0.167. The van der Waals surface area contributed by atoms with Crippen molar-refractivity contribution in [3.8, 4) is 5.75 Å². The third-order valence-corrected chi connectivity index (χ3v) is 1.90. The molecule has 1 heterocycles. The Bertz CT molecular complexity index is 532. The second-order valence-electron chi connectivity index (χ2n) is 3.14. The van der Waals surface area contributed by atoms with Crippen molar-refractivity contribution in [3.63, 3.8) is 0 Å². The maximum atomic E-state index is 13.5. The molecule has 0 aliphatic rings. The summed E-state index contributed by atoms with van der Waals surface area (Å²) >= 11 is 0. The molecule has 0 unspecified atom stereocenters. The Morgan fingerprint density at radius 1 is 1.31 bits per heavy atom. The van der Waals surface area contributed by atoms with Gasteiger partial charge in [-0.1, -0.05) is 0 Å². The SMILES string of the molecule is Cc1nc2c(F)c(OC(F)(F)F)ccc2[nH]1. The van der Waals surface area contributed by atoms with E-state index in [1.54, 1.807) is 6.92 Å². The number of nitrogens with one attached hydrogen (secondary N) is 1. The number of nitrogens with zero attached hydrogens (tertiary/aromatic N) is 1. The van der Waals surface area contributed by atoms with Crippen LogP contribution in [0.25, 0.3) is 11.0 Å². The van der Waals surface area contributed by atoms with Gasteiger partial charge in [0.05, 0.1) is 5.52 Å². The zero-order valence-electron chi connectivity index (χ0n) is 8.02. The number of H-pyrrole nitrogens is 1. The standard InChI is InChI=1S/C9H6F4N2O/c1-4-14-5-2-3-6(16-9(11,12)13)7(10)8(5)15-4/h2-3H,1H3,(H,14,15). The summed E-state index contributed by atoms with van der Waals surface area (Å²) in [6.45, 7) is 1.57. The molecule has 2 aromatic rings. The number of hydrogen-bond donors (Lipinski definition) is 1. The predicted molar refractivity (Wildman–Crippen MR) is 47.5 cm³/mol. The van der Waals surface area contributed by atoms with Gasteiger partial charge in [0.2, 0.25) is 0 Å². The molecule has 0 saturated heterocycles. The second-order valence-corrected chi connectivity index (χ2v) is 3.14. The zero-order valence-corrected chi connectivity index (χ0v) is 8.02. The van der Waals surface area contributed by atoms with Gasteiger partial charge in [-0.2, -0.15) is 0 Å². The number of aromatic nitrogens is 2. The van der Waals surface area contributed by atoms with Crippen molar-refractivity contribution < 1.29 is 22.3 Å². The first-order valence-corrected chi connectivity index (χ1v) is 4.27. The molecule has 0 spiro atoms. The number of alkyl halides is 3. The summed E-state index contributed by atoms with van der Waals surface area (Å²) in [6.07, 6.45) is -4.92. The maximum absolute atomic E-state index is 13.5. The molecule has 7 heteroatoms. The molecular formula is C9H6F4N2O. The highest BCUT2D eigenvalue weighted by atomic mass is 19.4. The Morgan fingerprint density at radius 3 is 2.62 bits per heavy atom. The van der Waals surface area contributed by atoms with Gasteiger partial charge < -0.3 is 9.72 Å². The molecule has 0 aliphatic carbocycles. The third-order valence-electron chi connectivity index (χ3n) is 1.90. The van der Waals surface area contributed by atoms with E-state index >= 15 is 0 Å². The molecule has 1 aromatic heterocycles. The Hall–Kier alpha value is -1.79. The highest BCUT2D eigenvalue weighted by molar-refractivity contribution is 5.77. The summed E-state index contributed by atoms with van der Waals surface area (Å²) in [5.74, 6) is -1.59. The number of rotatable bonds is 1. The van der Waals surface area contributed by atoms with Gasteiger partial charge in [-0.3, -0.25) is 0 Å². The minimum Gasteiger partial charge on any atom is -0.403 e. The fourth-order valence-corrected chi connectivity index (χ4v) is 1.35. The van der Waals surface area contributed by atoms with Gasteiger partial charge in [0, 0.05) is 0 Å². The number of imidazole rings is 1. The van der Waals surface area contributed by atoms with Gasteiger partial charge in [0.25, 0.3) is 0 Å². The monoisotopic (exact) mass is 234 g/mol. The van der Waals surface area contributed by atoms with Gasteiger partial charge >= 0.3 is 6.36 Å². The first kappa shape index (κ1) is 10.7. The number of ether oxygens (including phenoxy) is 1. The number of halogens is 4. The lowest BCUT2D eigenvalue weighted by molar-refractivity contribution is -0.275. The van der Waals surface area contributed by atoms with Crippen molar-refractivity contribution in [1.82, 2.24) is 9.97 Å². The van der Waals surface area contributed by atoms with Crippen molar-refractivity contribution in [2.24, 2.45) is 0 Å². The molecule has 0 saturated carbocycles. The van der Waals surface area contributed by atoms with Gasteiger partial charge in [0.15, 0.2) is 11.6 Å². The van der Waals surface area contributed by atoms with Crippen molar-refractivity contribution >= 4 is 11.0 Å². The van der Waals surface area contributed by atoms with E-state index in [1.165, 1.54) is 6.07 Å². The van der Waals surface area contributed by atoms with Crippen LogP contribution in [0.4, 0.5) is 17.6 Å². The van der Waals surface area contributed by atoms with Crippen LogP contribution in [0, 0.1) is 12.7 Å². The number of fused-ring (bicyclic) bond motifs is 1. The van der Waals surface area contributed by atoms with Gasteiger partial charge in [-0.05, 0) is 19.1 Å². The fraction of sp³-hybridized carbons (Fsp3) is 0.222. The van der Waals surface area contributed by atoms with E-state index in [1.807, 2.05) is 0 Å². The molecule has 16 heavy (non-hydrogen) atoms. The number of aromatic amines is 1. The number of hydrogen-bond acceptors (Lipinski definition) is 2. The first-order valence-electron chi connectivity index (χ1n) is 4.27. The van der Waals surface area contributed by atoms with Crippen molar-refractivity contribution in [2.45, 2.75) is 13.3 Å². The highest BCUT2D eigenvalue weighted by Crippen LogP contribution is 2.29. The fourth-order valence-electron chi connectivity index (χ4n) is 1.35.